The van der Waals surface area contributed by atoms with E-state index < -0.39 is 17.5 Å². The monoisotopic (exact) mass is 352 g/mol. The van der Waals surface area contributed by atoms with E-state index in [1.165, 1.54) is 11.8 Å². The van der Waals surface area contributed by atoms with E-state index >= 15 is 0 Å². The van der Waals surface area contributed by atoms with Crippen LogP contribution in [-0.4, -0.2) is 34.3 Å². The number of nitrogens with one attached hydrogen (secondary N) is 3. The van der Waals surface area contributed by atoms with Crippen molar-refractivity contribution in [3.8, 4) is 0 Å². The fraction of sp³-hybridized carbons (Fsp3) is 0.400. The molecule has 6 N–H and O–H groups in total. The highest BCUT2D eigenvalue weighted by atomic mass is 32.2. The van der Waals surface area contributed by atoms with Gasteiger partial charge in [0.25, 0.3) is 5.91 Å². The van der Waals surface area contributed by atoms with Crippen molar-refractivity contribution >= 4 is 35.4 Å². The highest BCUT2D eigenvalue weighted by molar-refractivity contribution is 7.99. The molecule has 1 aromatic carbocycles. The van der Waals surface area contributed by atoms with Crippen LogP contribution in [0.3, 0.4) is 0 Å². The number of nitrogen functional groups attached to an aromatic ring is 1. The molecule has 1 heterocycles. The smallest absolute Gasteiger partial charge is 0.405 e. The Morgan fingerprint density at radius 2 is 2.17 bits per heavy atom. The van der Waals surface area contributed by atoms with E-state index in [0.29, 0.717) is 23.4 Å². The normalized spacial score (nSPS) is 17.3. The molecule has 0 radical (unpaired) electrons. The predicted octanol–water partition coefficient (Wildman–Crippen LogP) is 1.39. The predicted molar refractivity (Wildman–Crippen MR) is 90.8 cm³/mol. The van der Waals surface area contributed by atoms with E-state index in [2.05, 4.69) is 16.1 Å². The maximum Gasteiger partial charge on any atom is 0.405 e. The Kier molecular flexibility index (Phi) is 5.35. The Balaban J connectivity index is 2.16. The third kappa shape index (κ3) is 4.39. The third-order valence-electron chi connectivity index (χ3n) is 3.64. The Bertz CT molecular complexity index is 677. The number of nitrogens with two attached hydrogens (primary N) is 1. The first-order chi connectivity index (χ1) is 11.2. The third-order valence-corrected chi connectivity index (χ3v) is 4.88. The van der Waals surface area contributed by atoms with Gasteiger partial charge in [0, 0.05) is 27.7 Å². The van der Waals surface area contributed by atoms with Crippen LogP contribution in [0.5, 0.6) is 0 Å². The zero-order valence-corrected chi connectivity index (χ0v) is 14.2. The lowest BCUT2D eigenvalue weighted by Gasteiger charge is -2.28. The molecule has 0 spiro atoms. The van der Waals surface area contributed by atoms with Crippen molar-refractivity contribution in [3.63, 3.8) is 0 Å². The number of hydrogen-bond donors (Lipinski definition) is 5. The summed E-state index contributed by atoms with van der Waals surface area (Å²) in [6.07, 6.45) is -0.759. The Hall–Kier alpha value is -2.26. The second-order valence-electron chi connectivity index (χ2n) is 6.20. The molecular formula is C15H20N4O4S. The summed E-state index contributed by atoms with van der Waals surface area (Å²) in [7, 11) is 0. The van der Waals surface area contributed by atoms with Crippen molar-refractivity contribution in [2.75, 3.05) is 11.1 Å². The molecule has 0 bridgehead atoms. The van der Waals surface area contributed by atoms with Crippen LogP contribution in [-0.2, 0) is 4.79 Å². The summed E-state index contributed by atoms with van der Waals surface area (Å²) in [6.45, 7) is 3.47. The summed E-state index contributed by atoms with van der Waals surface area (Å²) in [5, 5.41) is 14.1. The molecule has 1 atom stereocenters. The molecule has 1 aromatic rings. The molecule has 2 rings (SSSR count). The molecule has 1 aliphatic heterocycles. The van der Waals surface area contributed by atoms with Crippen LogP contribution in [0, 0.1) is 5.92 Å². The number of rotatable bonds is 4. The summed E-state index contributed by atoms with van der Waals surface area (Å²) in [4.78, 5) is 35.8. The standard InChI is InChI=1S/C15H20N4O4S/c1-15(2,18-14(22)23)6-9-7-24-11-4-3-8(13(21)19-16)5-10(11)17-12(9)20/h3-5,9,18H,6-7,16H2,1-2H3,(H,17,20)(H,19,21)(H,22,23)/t9-/m0/s1. The summed E-state index contributed by atoms with van der Waals surface area (Å²) >= 11 is 1.49. The van der Waals surface area contributed by atoms with Crippen molar-refractivity contribution < 1.29 is 19.5 Å². The second kappa shape index (κ2) is 7.10. The summed E-state index contributed by atoms with van der Waals surface area (Å²) < 4.78 is 0. The van der Waals surface area contributed by atoms with Gasteiger partial charge in [0.05, 0.1) is 5.69 Å². The highest BCUT2D eigenvalue weighted by Gasteiger charge is 2.31. The van der Waals surface area contributed by atoms with Gasteiger partial charge in [-0.2, -0.15) is 0 Å². The van der Waals surface area contributed by atoms with Crippen LogP contribution in [0.2, 0.25) is 0 Å². The van der Waals surface area contributed by atoms with Gasteiger partial charge >= 0.3 is 6.09 Å². The van der Waals surface area contributed by atoms with Gasteiger partial charge in [0.1, 0.15) is 0 Å². The lowest BCUT2D eigenvalue weighted by molar-refractivity contribution is -0.119. The van der Waals surface area contributed by atoms with Crippen molar-refractivity contribution in [2.24, 2.45) is 11.8 Å². The topological polar surface area (TPSA) is 134 Å². The molecule has 24 heavy (non-hydrogen) atoms. The molecule has 0 aliphatic carbocycles. The number of carbonyl (C=O) groups is 3. The summed E-state index contributed by atoms with van der Waals surface area (Å²) in [5.41, 5.74) is 2.23. The fourth-order valence-electron chi connectivity index (χ4n) is 2.59. The van der Waals surface area contributed by atoms with Crippen molar-refractivity contribution in [1.29, 1.82) is 0 Å². The maximum atomic E-state index is 12.5. The van der Waals surface area contributed by atoms with E-state index in [0.717, 1.165) is 4.90 Å². The molecule has 1 aliphatic rings. The SMILES string of the molecule is CC(C)(C[C@H]1CSc2ccc(C(=O)NN)cc2NC1=O)NC(=O)O. The zero-order chi connectivity index (χ0) is 17.9. The van der Waals surface area contributed by atoms with Crippen LogP contribution < -0.4 is 21.9 Å². The number of carbonyl (C=O) groups excluding carboxylic acids is 2. The average molecular weight is 352 g/mol. The molecule has 0 aromatic heterocycles. The van der Waals surface area contributed by atoms with Crippen LogP contribution in [0.1, 0.15) is 30.6 Å². The first-order valence-corrected chi connectivity index (χ1v) is 8.30. The number of carboxylic acid groups (broad SMARTS) is 1. The quantitative estimate of drug-likeness (QED) is 0.316. The fourth-order valence-corrected chi connectivity index (χ4v) is 3.67. The van der Waals surface area contributed by atoms with Gasteiger partial charge in [0.2, 0.25) is 5.91 Å². The van der Waals surface area contributed by atoms with E-state index in [-0.39, 0.29) is 11.8 Å². The lowest BCUT2D eigenvalue weighted by Crippen LogP contribution is -2.45. The molecule has 3 amide bonds. The number of anilines is 1. The molecular weight excluding hydrogens is 332 g/mol. The Morgan fingerprint density at radius 1 is 1.46 bits per heavy atom. The Morgan fingerprint density at radius 3 is 2.79 bits per heavy atom. The zero-order valence-electron chi connectivity index (χ0n) is 13.4. The van der Waals surface area contributed by atoms with Gasteiger partial charge < -0.3 is 15.7 Å². The second-order valence-corrected chi connectivity index (χ2v) is 7.26. The molecule has 130 valence electrons. The molecule has 0 fully saturated rings. The number of thioether (sulfide) groups is 1. The molecule has 9 heteroatoms. The lowest BCUT2D eigenvalue weighted by atomic mass is 9.91. The van der Waals surface area contributed by atoms with Gasteiger partial charge in [-0.25, -0.2) is 10.6 Å². The summed E-state index contributed by atoms with van der Waals surface area (Å²) in [6, 6.07) is 4.97. The minimum atomic E-state index is -1.12. The van der Waals surface area contributed by atoms with Gasteiger partial charge in [0.15, 0.2) is 0 Å². The molecule has 8 nitrogen and oxygen atoms in total. The van der Waals surface area contributed by atoms with E-state index in [1.54, 1.807) is 32.0 Å². The average Bonchev–Trinajstić information content (AvgIpc) is 2.63. The van der Waals surface area contributed by atoms with Crippen LogP contribution >= 0.6 is 11.8 Å². The first-order valence-electron chi connectivity index (χ1n) is 7.31. The van der Waals surface area contributed by atoms with Crippen LogP contribution in [0.4, 0.5) is 10.5 Å². The molecule has 0 saturated carbocycles. The highest BCUT2D eigenvalue weighted by Crippen LogP contribution is 2.35. The van der Waals surface area contributed by atoms with Crippen molar-refractivity contribution in [1.82, 2.24) is 10.7 Å². The molecule has 0 unspecified atom stereocenters. The van der Waals surface area contributed by atoms with Crippen LogP contribution in [0.25, 0.3) is 0 Å². The van der Waals surface area contributed by atoms with E-state index in [1.807, 2.05) is 0 Å². The number of hydrogen-bond acceptors (Lipinski definition) is 5. The van der Waals surface area contributed by atoms with Crippen molar-refractivity contribution in [2.45, 2.75) is 30.7 Å². The van der Waals surface area contributed by atoms with Crippen LogP contribution in [0.15, 0.2) is 23.1 Å². The van der Waals surface area contributed by atoms with Gasteiger partial charge in [-0.1, -0.05) is 0 Å². The maximum absolute atomic E-state index is 12.5. The van der Waals surface area contributed by atoms with Gasteiger partial charge in [-0.15, -0.1) is 11.8 Å². The molecule has 0 saturated heterocycles. The number of benzene rings is 1. The van der Waals surface area contributed by atoms with E-state index in [4.69, 9.17) is 10.9 Å². The number of fused-ring (bicyclic) bond motifs is 1. The minimum Gasteiger partial charge on any atom is -0.465 e. The number of amides is 3. The first kappa shape index (κ1) is 18.1. The van der Waals surface area contributed by atoms with Gasteiger partial charge in [-0.3, -0.25) is 15.0 Å². The van der Waals surface area contributed by atoms with Gasteiger partial charge in [-0.05, 0) is 38.5 Å². The minimum absolute atomic E-state index is 0.202. The number of hydrazine groups is 1. The Labute approximate surface area is 143 Å². The van der Waals surface area contributed by atoms with Crippen molar-refractivity contribution in [3.05, 3.63) is 23.8 Å². The largest absolute Gasteiger partial charge is 0.465 e. The van der Waals surface area contributed by atoms with E-state index in [9.17, 15) is 14.4 Å². The summed E-state index contributed by atoms with van der Waals surface area (Å²) in [5.74, 6) is 4.64.